The van der Waals surface area contributed by atoms with E-state index in [1.165, 1.54) is 30.5 Å². The van der Waals surface area contributed by atoms with Crippen molar-refractivity contribution in [3.63, 3.8) is 0 Å². The van der Waals surface area contributed by atoms with Gasteiger partial charge in [-0.15, -0.1) is 0 Å². The van der Waals surface area contributed by atoms with Crippen molar-refractivity contribution in [2.24, 2.45) is 0 Å². The minimum Gasteiger partial charge on any atom is -0.469 e. The van der Waals surface area contributed by atoms with Crippen LogP contribution in [0.4, 0.5) is 34.6 Å². The maximum absolute atomic E-state index is 14.5. The van der Waals surface area contributed by atoms with Gasteiger partial charge in [-0.2, -0.15) is 13.2 Å². The molecule has 0 fully saturated rings. The molecule has 3 rings (SSSR count). The third-order valence-corrected chi connectivity index (χ3v) is 4.40. The standard InChI is InChI=1S/C21H19F4N3O2/c22-19-16(27-12-13-3-5-14(6-4-13)21(23,24)25)8-9-17(20(19)26)28-18(29)10-7-15-2-1-11-30-15/h1-6,8-9,11,27H,7,10,12,26H2,(H,28,29). The van der Waals surface area contributed by atoms with Crippen LogP contribution in [0.5, 0.6) is 0 Å². The van der Waals surface area contributed by atoms with Crippen LogP contribution in [0.15, 0.2) is 59.2 Å². The molecule has 4 N–H and O–H groups in total. The summed E-state index contributed by atoms with van der Waals surface area (Å²) >= 11 is 0. The molecule has 3 aromatic rings. The molecule has 0 atom stereocenters. The van der Waals surface area contributed by atoms with Crippen molar-refractivity contribution < 1.29 is 26.8 Å². The molecule has 1 amide bonds. The highest BCUT2D eigenvalue weighted by Crippen LogP contribution is 2.30. The number of hydrogen-bond acceptors (Lipinski definition) is 4. The third-order valence-electron chi connectivity index (χ3n) is 4.40. The summed E-state index contributed by atoms with van der Waals surface area (Å²) in [5.74, 6) is -0.444. The number of alkyl halides is 3. The zero-order valence-electron chi connectivity index (χ0n) is 15.7. The Morgan fingerprint density at radius 1 is 1.03 bits per heavy atom. The van der Waals surface area contributed by atoms with Crippen LogP contribution in [0.1, 0.15) is 23.3 Å². The van der Waals surface area contributed by atoms with E-state index in [1.807, 2.05) is 0 Å². The highest BCUT2D eigenvalue weighted by atomic mass is 19.4. The Bertz CT molecular complexity index is 1000. The number of amides is 1. The van der Waals surface area contributed by atoms with Gasteiger partial charge in [0.15, 0.2) is 5.82 Å². The molecule has 0 spiro atoms. The largest absolute Gasteiger partial charge is 0.469 e. The van der Waals surface area contributed by atoms with E-state index in [-0.39, 0.29) is 35.9 Å². The van der Waals surface area contributed by atoms with Gasteiger partial charge in [0.25, 0.3) is 0 Å². The fourth-order valence-electron chi connectivity index (χ4n) is 2.75. The molecule has 9 heteroatoms. The Kier molecular flexibility index (Phi) is 6.29. The zero-order chi connectivity index (χ0) is 21.7. The summed E-state index contributed by atoms with van der Waals surface area (Å²) in [4.78, 5) is 12.0. The van der Waals surface area contributed by atoms with Crippen LogP contribution in [-0.4, -0.2) is 5.91 Å². The van der Waals surface area contributed by atoms with Crippen molar-refractivity contribution in [1.82, 2.24) is 0 Å². The van der Waals surface area contributed by atoms with Gasteiger partial charge in [-0.25, -0.2) is 4.39 Å². The van der Waals surface area contributed by atoms with Gasteiger partial charge in [-0.1, -0.05) is 12.1 Å². The van der Waals surface area contributed by atoms with Crippen LogP contribution in [0.25, 0.3) is 0 Å². The van der Waals surface area contributed by atoms with Crippen molar-refractivity contribution in [2.45, 2.75) is 25.6 Å². The average Bonchev–Trinajstić information content (AvgIpc) is 3.23. The fraction of sp³-hybridized carbons (Fsp3) is 0.190. The summed E-state index contributed by atoms with van der Waals surface area (Å²) in [6.07, 6.45) is -2.36. The van der Waals surface area contributed by atoms with Crippen LogP contribution < -0.4 is 16.4 Å². The molecule has 0 bridgehead atoms. The molecule has 1 heterocycles. The lowest BCUT2D eigenvalue weighted by atomic mass is 10.1. The van der Waals surface area contributed by atoms with E-state index in [0.717, 1.165) is 12.1 Å². The number of aryl methyl sites for hydroxylation is 1. The van der Waals surface area contributed by atoms with E-state index in [0.29, 0.717) is 17.7 Å². The lowest BCUT2D eigenvalue weighted by Crippen LogP contribution is -2.14. The molecule has 30 heavy (non-hydrogen) atoms. The van der Waals surface area contributed by atoms with Crippen LogP contribution in [-0.2, 0) is 23.9 Å². The van der Waals surface area contributed by atoms with Crippen molar-refractivity contribution in [3.05, 3.63) is 77.5 Å². The van der Waals surface area contributed by atoms with Gasteiger partial charge in [0, 0.05) is 19.4 Å². The second-order valence-corrected chi connectivity index (χ2v) is 6.56. The molecule has 0 radical (unpaired) electrons. The number of nitrogens with one attached hydrogen (secondary N) is 2. The molecule has 0 aliphatic heterocycles. The van der Waals surface area contributed by atoms with Gasteiger partial charge in [-0.3, -0.25) is 4.79 Å². The van der Waals surface area contributed by atoms with E-state index in [2.05, 4.69) is 10.6 Å². The van der Waals surface area contributed by atoms with Crippen molar-refractivity contribution in [1.29, 1.82) is 0 Å². The second-order valence-electron chi connectivity index (χ2n) is 6.56. The Balaban J connectivity index is 1.59. The lowest BCUT2D eigenvalue weighted by molar-refractivity contribution is -0.137. The molecular formula is C21H19F4N3O2. The van der Waals surface area contributed by atoms with Crippen molar-refractivity contribution in [3.8, 4) is 0 Å². The zero-order valence-corrected chi connectivity index (χ0v) is 15.7. The van der Waals surface area contributed by atoms with Gasteiger partial charge < -0.3 is 20.8 Å². The number of halogens is 4. The third kappa shape index (κ3) is 5.31. The molecule has 0 saturated carbocycles. The molecular weight excluding hydrogens is 402 g/mol. The molecule has 0 unspecified atom stereocenters. The first-order valence-electron chi connectivity index (χ1n) is 9.04. The summed E-state index contributed by atoms with van der Waals surface area (Å²) in [7, 11) is 0. The van der Waals surface area contributed by atoms with Gasteiger partial charge >= 0.3 is 6.18 Å². The molecule has 158 valence electrons. The van der Waals surface area contributed by atoms with E-state index in [9.17, 15) is 22.4 Å². The molecule has 0 aliphatic carbocycles. The highest BCUT2D eigenvalue weighted by Gasteiger charge is 2.29. The lowest BCUT2D eigenvalue weighted by Gasteiger charge is -2.14. The summed E-state index contributed by atoms with van der Waals surface area (Å²) in [5.41, 5.74) is 5.54. The molecule has 1 aromatic heterocycles. The number of carbonyl (C=O) groups is 1. The van der Waals surface area contributed by atoms with E-state index in [4.69, 9.17) is 10.2 Å². The summed E-state index contributed by atoms with van der Waals surface area (Å²) < 4.78 is 57.5. The number of anilines is 3. The van der Waals surface area contributed by atoms with Crippen molar-refractivity contribution in [2.75, 3.05) is 16.4 Å². The van der Waals surface area contributed by atoms with Gasteiger partial charge in [0.2, 0.25) is 5.91 Å². The first-order valence-corrected chi connectivity index (χ1v) is 9.04. The molecule has 0 aliphatic rings. The van der Waals surface area contributed by atoms with E-state index in [1.54, 1.807) is 12.1 Å². The number of rotatable bonds is 7. The number of benzene rings is 2. The van der Waals surface area contributed by atoms with Crippen LogP contribution in [0.2, 0.25) is 0 Å². The maximum atomic E-state index is 14.5. The fourth-order valence-corrected chi connectivity index (χ4v) is 2.75. The molecule has 0 saturated heterocycles. The van der Waals surface area contributed by atoms with Gasteiger partial charge in [-0.05, 0) is 42.0 Å². The maximum Gasteiger partial charge on any atom is 0.416 e. The number of nitrogens with two attached hydrogens (primary N) is 1. The highest BCUT2D eigenvalue weighted by molar-refractivity contribution is 5.94. The number of hydrogen-bond donors (Lipinski definition) is 3. The monoisotopic (exact) mass is 421 g/mol. The van der Waals surface area contributed by atoms with Crippen molar-refractivity contribution >= 4 is 23.0 Å². The number of carbonyl (C=O) groups excluding carboxylic acids is 1. The van der Waals surface area contributed by atoms with Crippen LogP contribution >= 0.6 is 0 Å². The summed E-state index contributed by atoms with van der Waals surface area (Å²) in [5, 5.41) is 5.35. The SMILES string of the molecule is Nc1c(NC(=O)CCc2ccco2)ccc(NCc2ccc(C(F)(F)F)cc2)c1F. The Morgan fingerprint density at radius 3 is 2.37 bits per heavy atom. The van der Waals surface area contributed by atoms with Crippen LogP contribution in [0.3, 0.4) is 0 Å². The van der Waals surface area contributed by atoms with Gasteiger partial charge in [0.05, 0.1) is 28.9 Å². The normalized spacial score (nSPS) is 11.3. The Hall–Kier alpha value is -3.49. The number of furan rings is 1. The summed E-state index contributed by atoms with van der Waals surface area (Å²) in [6.45, 7) is 0.101. The van der Waals surface area contributed by atoms with E-state index < -0.39 is 17.6 Å². The molecule has 2 aromatic carbocycles. The predicted molar refractivity (Wildman–Crippen MR) is 105 cm³/mol. The first kappa shape index (κ1) is 21.2. The predicted octanol–water partition coefficient (Wildman–Crippen LogP) is 5.20. The number of nitrogen functional groups attached to an aromatic ring is 1. The van der Waals surface area contributed by atoms with E-state index >= 15 is 0 Å². The Morgan fingerprint density at radius 2 is 1.73 bits per heavy atom. The van der Waals surface area contributed by atoms with Crippen LogP contribution in [0, 0.1) is 5.82 Å². The smallest absolute Gasteiger partial charge is 0.416 e. The summed E-state index contributed by atoms with van der Waals surface area (Å²) in [6, 6.07) is 10.9. The second kappa shape index (κ2) is 8.89. The average molecular weight is 421 g/mol. The molecule has 5 nitrogen and oxygen atoms in total. The minimum atomic E-state index is -4.41. The topological polar surface area (TPSA) is 80.3 Å². The quantitative estimate of drug-likeness (QED) is 0.362. The van der Waals surface area contributed by atoms with Gasteiger partial charge in [0.1, 0.15) is 5.76 Å². The minimum absolute atomic E-state index is 0.0704. The first-order chi connectivity index (χ1) is 14.2. The Labute approximate surface area is 169 Å².